The second kappa shape index (κ2) is 6.95. The van der Waals surface area contributed by atoms with Gasteiger partial charge >= 0.3 is 6.18 Å². The molecule has 0 aliphatic rings. The summed E-state index contributed by atoms with van der Waals surface area (Å²) in [5, 5.41) is 14.2. The summed E-state index contributed by atoms with van der Waals surface area (Å²) in [4.78, 5) is 11.8. The van der Waals surface area contributed by atoms with Crippen molar-refractivity contribution in [1.82, 2.24) is 9.78 Å². The van der Waals surface area contributed by atoms with Crippen molar-refractivity contribution < 1.29 is 31.9 Å². The third kappa shape index (κ3) is 4.28. The summed E-state index contributed by atoms with van der Waals surface area (Å²) in [5.74, 6) is -2.69. The Morgan fingerprint density at radius 3 is 2.58 bits per heavy atom. The van der Waals surface area contributed by atoms with Crippen LogP contribution in [0.5, 0.6) is 0 Å². The number of aliphatic hydroxyl groups is 1. The number of carbonyl (C=O) groups is 1. The van der Waals surface area contributed by atoms with E-state index in [0.29, 0.717) is 6.07 Å². The molecular weight excluding hydrogens is 337 g/mol. The molecule has 0 saturated heterocycles. The Morgan fingerprint density at radius 2 is 2.00 bits per heavy atom. The van der Waals surface area contributed by atoms with Crippen molar-refractivity contribution in [2.24, 2.45) is 0 Å². The summed E-state index contributed by atoms with van der Waals surface area (Å²) in [6.45, 7) is -1.12. The van der Waals surface area contributed by atoms with Gasteiger partial charge < -0.3 is 10.4 Å². The summed E-state index contributed by atoms with van der Waals surface area (Å²) in [5.41, 5.74) is -1.76. The Balaban J connectivity index is 2.14. The third-order valence-corrected chi connectivity index (χ3v) is 3.00. The lowest BCUT2D eigenvalue weighted by molar-refractivity contribution is -0.142. The van der Waals surface area contributed by atoms with Crippen molar-refractivity contribution in [2.75, 3.05) is 11.9 Å². The molecule has 0 unspecified atom stereocenters. The minimum atomic E-state index is -4.73. The van der Waals surface area contributed by atoms with E-state index in [2.05, 4.69) is 10.4 Å². The van der Waals surface area contributed by atoms with Gasteiger partial charge in [-0.25, -0.2) is 8.78 Å². The molecule has 0 bridgehead atoms. The second-order valence-electron chi connectivity index (χ2n) is 4.84. The minimum Gasteiger partial charge on any atom is -0.396 e. The number of hydrogen-bond acceptors (Lipinski definition) is 3. The Kier molecular flexibility index (Phi) is 5.17. The SMILES string of the molecule is O=C(Cn1cc(CCO)c(C(F)(F)F)n1)Nc1ccc(F)cc1F. The fourth-order valence-corrected chi connectivity index (χ4v) is 2.01. The normalized spacial score (nSPS) is 11.6. The average molecular weight is 349 g/mol. The van der Waals surface area contributed by atoms with Gasteiger partial charge in [-0.05, 0) is 18.6 Å². The standard InChI is InChI=1S/C14H12F5N3O2/c15-9-1-2-11(10(16)5-9)20-12(24)7-22-6-8(3-4-23)13(21-22)14(17,18)19/h1-2,5-6,23H,3-4,7H2,(H,20,24). The first-order valence-electron chi connectivity index (χ1n) is 6.70. The zero-order valence-corrected chi connectivity index (χ0v) is 12.1. The summed E-state index contributed by atoms with van der Waals surface area (Å²) < 4.78 is 65.4. The van der Waals surface area contributed by atoms with Gasteiger partial charge in [0.05, 0.1) is 5.69 Å². The molecule has 0 saturated carbocycles. The summed E-state index contributed by atoms with van der Waals surface area (Å²) in [6.07, 6.45) is -4.02. The predicted octanol–water partition coefficient (Wildman–Crippen LogP) is 2.35. The van der Waals surface area contributed by atoms with Crippen molar-refractivity contribution in [3.63, 3.8) is 0 Å². The van der Waals surface area contributed by atoms with Crippen molar-refractivity contribution in [2.45, 2.75) is 19.1 Å². The van der Waals surface area contributed by atoms with Crippen LogP contribution in [-0.4, -0.2) is 27.4 Å². The second-order valence-corrected chi connectivity index (χ2v) is 4.84. The molecule has 130 valence electrons. The highest BCUT2D eigenvalue weighted by Gasteiger charge is 2.37. The monoisotopic (exact) mass is 349 g/mol. The maximum atomic E-state index is 13.4. The van der Waals surface area contributed by atoms with Crippen LogP contribution in [0.2, 0.25) is 0 Å². The van der Waals surface area contributed by atoms with Crippen LogP contribution in [0.25, 0.3) is 0 Å². The number of benzene rings is 1. The maximum Gasteiger partial charge on any atom is 0.435 e. The van der Waals surface area contributed by atoms with Gasteiger partial charge in [0.1, 0.15) is 18.2 Å². The predicted molar refractivity (Wildman–Crippen MR) is 73.0 cm³/mol. The van der Waals surface area contributed by atoms with Gasteiger partial charge in [-0.3, -0.25) is 9.48 Å². The molecule has 1 aromatic carbocycles. The van der Waals surface area contributed by atoms with Crippen molar-refractivity contribution in [1.29, 1.82) is 0 Å². The first kappa shape index (κ1) is 17.9. The number of anilines is 1. The van der Waals surface area contributed by atoms with E-state index >= 15 is 0 Å². The van der Waals surface area contributed by atoms with E-state index in [1.807, 2.05) is 0 Å². The number of carbonyl (C=O) groups excluding carboxylic acids is 1. The number of aromatic nitrogens is 2. The van der Waals surface area contributed by atoms with E-state index in [1.54, 1.807) is 0 Å². The molecule has 2 aromatic rings. The average Bonchev–Trinajstić information content (AvgIpc) is 2.85. The van der Waals surface area contributed by atoms with Crippen LogP contribution in [-0.2, 0) is 23.9 Å². The van der Waals surface area contributed by atoms with Crippen LogP contribution in [0.15, 0.2) is 24.4 Å². The third-order valence-electron chi connectivity index (χ3n) is 3.00. The van der Waals surface area contributed by atoms with Crippen LogP contribution < -0.4 is 5.32 Å². The number of halogens is 5. The molecule has 0 fully saturated rings. The fraction of sp³-hybridized carbons (Fsp3) is 0.286. The molecule has 0 aliphatic heterocycles. The topological polar surface area (TPSA) is 67.2 Å². The lowest BCUT2D eigenvalue weighted by Crippen LogP contribution is -2.20. The van der Waals surface area contributed by atoms with Gasteiger partial charge in [0.15, 0.2) is 5.69 Å². The van der Waals surface area contributed by atoms with E-state index in [1.165, 1.54) is 0 Å². The van der Waals surface area contributed by atoms with E-state index in [-0.39, 0.29) is 17.7 Å². The van der Waals surface area contributed by atoms with Crippen LogP contribution in [0.3, 0.4) is 0 Å². The van der Waals surface area contributed by atoms with Crippen molar-refractivity contribution in [3.8, 4) is 0 Å². The van der Waals surface area contributed by atoms with Crippen molar-refractivity contribution >= 4 is 11.6 Å². The number of nitrogens with zero attached hydrogens (tertiary/aromatic N) is 2. The van der Waals surface area contributed by atoms with Crippen LogP contribution in [0, 0.1) is 11.6 Å². The van der Waals surface area contributed by atoms with E-state index < -0.39 is 42.6 Å². The highest BCUT2D eigenvalue weighted by Crippen LogP contribution is 2.30. The van der Waals surface area contributed by atoms with E-state index in [4.69, 9.17) is 5.11 Å². The summed E-state index contributed by atoms with van der Waals surface area (Å²) in [7, 11) is 0. The molecule has 10 heteroatoms. The Morgan fingerprint density at radius 1 is 1.29 bits per heavy atom. The Labute approximate surface area is 132 Å². The van der Waals surface area contributed by atoms with Gasteiger partial charge in [0, 0.05) is 24.4 Å². The molecule has 2 N–H and O–H groups in total. The minimum absolute atomic E-state index is 0.259. The summed E-state index contributed by atoms with van der Waals surface area (Å²) >= 11 is 0. The smallest absolute Gasteiger partial charge is 0.396 e. The number of amides is 1. The number of aliphatic hydroxyl groups excluding tert-OH is 1. The van der Waals surface area contributed by atoms with Crippen LogP contribution in [0.1, 0.15) is 11.3 Å². The molecule has 0 atom stereocenters. The molecule has 0 radical (unpaired) electrons. The highest BCUT2D eigenvalue weighted by molar-refractivity contribution is 5.90. The lowest BCUT2D eigenvalue weighted by Gasteiger charge is -2.07. The fourth-order valence-electron chi connectivity index (χ4n) is 2.01. The first-order chi connectivity index (χ1) is 11.2. The molecule has 5 nitrogen and oxygen atoms in total. The van der Waals surface area contributed by atoms with Crippen LogP contribution in [0.4, 0.5) is 27.6 Å². The maximum absolute atomic E-state index is 13.4. The van der Waals surface area contributed by atoms with E-state index in [0.717, 1.165) is 23.0 Å². The molecular formula is C14H12F5N3O2. The Hall–Kier alpha value is -2.49. The molecule has 24 heavy (non-hydrogen) atoms. The molecule has 1 heterocycles. The molecule has 0 spiro atoms. The molecule has 1 amide bonds. The van der Waals surface area contributed by atoms with E-state index in [9.17, 15) is 26.7 Å². The van der Waals surface area contributed by atoms with Gasteiger partial charge in [-0.1, -0.05) is 0 Å². The lowest BCUT2D eigenvalue weighted by atomic mass is 10.2. The Bertz CT molecular complexity index is 742. The highest BCUT2D eigenvalue weighted by atomic mass is 19.4. The quantitative estimate of drug-likeness (QED) is 0.815. The zero-order valence-electron chi connectivity index (χ0n) is 12.1. The molecule has 1 aromatic heterocycles. The number of rotatable bonds is 5. The number of alkyl halides is 3. The van der Waals surface area contributed by atoms with Gasteiger partial charge in [0.25, 0.3) is 0 Å². The number of hydrogen-bond donors (Lipinski definition) is 2. The largest absolute Gasteiger partial charge is 0.435 e. The first-order valence-corrected chi connectivity index (χ1v) is 6.70. The number of nitrogens with one attached hydrogen (secondary N) is 1. The van der Waals surface area contributed by atoms with Gasteiger partial charge in [-0.2, -0.15) is 18.3 Å². The molecule has 0 aliphatic carbocycles. The summed E-state index contributed by atoms with van der Waals surface area (Å²) in [6, 6.07) is 2.47. The van der Waals surface area contributed by atoms with Crippen molar-refractivity contribution in [3.05, 3.63) is 47.3 Å². The van der Waals surface area contributed by atoms with Gasteiger partial charge in [0.2, 0.25) is 5.91 Å². The van der Waals surface area contributed by atoms with Crippen LogP contribution >= 0.6 is 0 Å². The van der Waals surface area contributed by atoms with Gasteiger partial charge in [-0.15, -0.1) is 0 Å². The zero-order chi connectivity index (χ0) is 17.9. The molecule has 2 rings (SSSR count).